The first kappa shape index (κ1) is 22.9. The SMILES string of the molecule is Cc1ccc(NC(=O)c2cccc(C(F)(F)F)c2)cc1[N+]1(C)C(=O)Nc2nc(N)ncc2C1=O. The highest BCUT2D eigenvalue weighted by Crippen LogP contribution is 2.36. The van der Waals surface area contributed by atoms with Crippen molar-refractivity contribution in [2.75, 3.05) is 23.4 Å². The van der Waals surface area contributed by atoms with E-state index < -0.39 is 34.1 Å². The van der Waals surface area contributed by atoms with E-state index in [1.165, 1.54) is 31.4 Å². The second kappa shape index (κ2) is 7.92. The predicted molar refractivity (Wildman–Crippen MR) is 118 cm³/mol. The summed E-state index contributed by atoms with van der Waals surface area (Å²) in [5, 5.41) is 5.06. The zero-order chi connectivity index (χ0) is 24.8. The summed E-state index contributed by atoms with van der Waals surface area (Å²) in [5.74, 6) is -1.53. The van der Waals surface area contributed by atoms with Gasteiger partial charge in [-0.2, -0.15) is 18.2 Å². The first-order chi connectivity index (χ1) is 15.9. The molecule has 0 saturated heterocycles. The maximum absolute atomic E-state index is 13.3. The molecule has 12 heteroatoms. The molecule has 4 amide bonds. The molecule has 4 rings (SSSR count). The zero-order valence-corrected chi connectivity index (χ0v) is 17.9. The molecule has 0 saturated carbocycles. The van der Waals surface area contributed by atoms with Gasteiger partial charge in [-0.3, -0.25) is 10.1 Å². The molecule has 3 aromatic rings. The van der Waals surface area contributed by atoms with E-state index in [2.05, 4.69) is 20.6 Å². The summed E-state index contributed by atoms with van der Waals surface area (Å²) >= 11 is 0. The molecule has 1 aliphatic rings. The summed E-state index contributed by atoms with van der Waals surface area (Å²) < 4.78 is 38.1. The summed E-state index contributed by atoms with van der Waals surface area (Å²) in [4.78, 5) is 46.6. The Morgan fingerprint density at radius 1 is 1.15 bits per heavy atom. The summed E-state index contributed by atoms with van der Waals surface area (Å²) in [5.41, 5.74) is 5.40. The molecular formula is C22H18F3N6O3+. The van der Waals surface area contributed by atoms with E-state index in [0.29, 0.717) is 5.56 Å². The minimum Gasteiger partial charge on any atom is -0.368 e. The number of amides is 4. The van der Waals surface area contributed by atoms with Gasteiger partial charge in [0.2, 0.25) is 5.95 Å². The Kier molecular flexibility index (Phi) is 5.32. The van der Waals surface area contributed by atoms with Crippen LogP contribution in [-0.2, 0) is 6.18 Å². The van der Waals surface area contributed by atoms with Gasteiger partial charge in [0, 0.05) is 22.9 Å². The number of nitrogens with two attached hydrogens (primary N) is 1. The van der Waals surface area contributed by atoms with Crippen molar-refractivity contribution in [3.8, 4) is 0 Å². The molecule has 1 atom stereocenters. The van der Waals surface area contributed by atoms with Crippen LogP contribution >= 0.6 is 0 Å². The molecule has 1 aromatic heterocycles. The first-order valence-electron chi connectivity index (χ1n) is 9.86. The number of aromatic nitrogens is 2. The largest absolute Gasteiger partial charge is 0.434 e. The molecule has 1 aliphatic heterocycles. The number of alkyl halides is 3. The number of fused-ring (bicyclic) bond motifs is 1. The fraction of sp³-hybridized carbons (Fsp3) is 0.136. The summed E-state index contributed by atoms with van der Waals surface area (Å²) in [6.07, 6.45) is -3.39. The molecular weight excluding hydrogens is 453 g/mol. The van der Waals surface area contributed by atoms with E-state index in [9.17, 15) is 27.6 Å². The highest BCUT2D eigenvalue weighted by molar-refractivity contribution is 6.24. The Morgan fingerprint density at radius 2 is 1.88 bits per heavy atom. The first-order valence-corrected chi connectivity index (χ1v) is 9.86. The smallest absolute Gasteiger partial charge is 0.368 e. The number of hydrogen-bond acceptors (Lipinski definition) is 6. The maximum Gasteiger partial charge on any atom is 0.434 e. The molecule has 2 heterocycles. The van der Waals surface area contributed by atoms with Crippen molar-refractivity contribution in [2.45, 2.75) is 13.1 Å². The summed E-state index contributed by atoms with van der Waals surface area (Å²) in [6, 6.07) is 7.79. The van der Waals surface area contributed by atoms with Gasteiger partial charge in [-0.05, 0) is 31.2 Å². The minimum absolute atomic E-state index is 0.00948. The van der Waals surface area contributed by atoms with Crippen LogP contribution in [0.4, 0.5) is 41.1 Å². The van der Waals surface area contributed by atoms with Gasteiger partial charge < -0.3 is 11.1 Å². The van der Waals surface area contributed by atoms with E-state index >= 15 is 0 Å². The van der Waals surface area contributed by atoms with Crippen LogP contribution in [0.25, 0.3) is 0 Å². The Balaban J connectivity index is 1.69. The molecule has 174 valence electrons. The number of carbonyl (C=O) groups is 3. The van der Waals surface area contributed by atoms with Crippen molar-refractivity contribution in [1.82, 2.24) is 14.5 Å². The van der Waals surface area contributed by atoms with Crippen molar-refractivity contribution in [2.24, 2.45) is 0 Å². The van der Waals surface area contributed by atoms with E-state index in [-0.39, 0.29) is 34.3 Å². The molecule has 0 bridgehead atoms. The Labute approximate surface area is 191 Å². The number of benzene rings is 2. The highest BCUT2D eigenvalue weighted by atomic mass is 19.4. The topological polar surface area (TPSA) is 127 Å². The molecule has 0 radical (unpaired) electrons. The lowest BCUT2D eigenvalue weighted by molar-refractivity contribution is -0.137. The third-order valence-corrected chi connectivity index (χ3v) is 5.48. The molecule has 0 aliphatic carbocycles. The van der Waals surface area contributed by atoms with E-state index in [0.717, 1.165) is 18.2 Å². The summed E-state index contributed by atoms with van der Waals surface area (Å²) in [7, 11) is 1.37. The fourth-order valence-electron chi connectivity index (χ4n) is 3.62. The monoisotopic (exact) mass is 471 g/mol. The van der Waals surface area contributed by atoms with Crippen molar-refractivity contribution in [3.63, 3.8) is 0 Å². The lowest BCUT2D eigenvalue weighted by Crippen LogP contribution is -2.60. The number of halogens is 3. The van der Waals surface area contributed by atoms with Gasteiger partial charge in [0.05, 0.1) is 18.8 Å². The van der Waals surface area contributed by atoms with Gasteiger partial charge in [-0.25, -0.2) is 14.6 Å². The second-order valence-corrected chi connectivity index (χ2v) is 7.77. The van der Waals surface area contributed by atoms with Crippen LogP contribution in [0.3, 0.4) is 0 Å². The Hall–Kier alpha value is -4.32. The molecule has 0 fully saturated rings. The van der Waals surface area contributed by atoms with Gasteiger partial charge in [0.1, 0.15) is 5.56 Å². The van der Waals surface area contributed by atoms with Crippen molar-refractivity contribution in [1.29, 1.82) is 0 Å². The summed E-state index contributed by atoms with van der Waals surface area (Å²) in [6.45, 7) is 1.67. The van der Waals surface area contributed by atoms with E-state index in [4.69, 9.17) is 5.73 Å². The number of quaternary nitrogens is 1. The van der Waals surface area contributed by atoms with Crippen LogP contribution in [-0.4, -0.2) is 34.9 Å². The Bertz CT molecular complexity index is 1360. The number of anilines is 3. The number of carbonyl (C=O) groups excluding carboxylic acids is 3. The predicted octanol–water partition coefficient (Wildman–Crippen LogP) is 3.96. The second-order valence-electron chi connectivity index (χ2n) is 7.77. The lowest BCUT2D eigenvalue weighted by atomic mass is 10.1. The number of urea groups is 1. The average Bonchev–Trinajstić information content (AvgIpc) is 2.78. The fourth-order valence-corrected chi connectivity index (χ4v) is 3.62. The number of hydrogen-bond donors (Lipinski definition) is 3. The molecule has 2 aromatic carbocycles. The maximum atomic E-state index is 13.3. The number of nitrogens with one attached hydrogen (secondary N) is 2. The third kappa shape index (κ3) is 3.83. The van der Waals surface area contributed by atoms with Crippen LogP contribution in [0.15, 0.2) is 48.7 Å². The van der Waals surface area contributed by atoms with Gasteiger partial charge in [-0.15, -0.1) is 4.48 Å². The molecule has 0 spiro atoms. The van der Waals surface area contributed by atoms with Crippen molar-refractivity contribution in [3.05, 3.63) is 70.9 Å². The van der Waals surface area contributed by atoms with Crippen LogP contribution in [0.5, 0.6) is 0 Å². The standard InChI is InChI=1S/C22H17F3N6O3/c1-11-6-7-14(28-18(32)12-4-3-5-13(8-12)22(23,24)25)9-16(11)31(2)19(33)15-10-27-20(26)29-17(15)30-21(31)34/h3-10H,1-2H3,(H3-,26,27,28,29,30,32,33,34)/p+1. The van der Waals surface area contributed by atoms with Crippen LogP contribution in [0.2, 0.25) is 0 Å². The highest BCUT2D eigenvalue weighted by Gasteiger charge is 2.50. The number of aryl methyl sites for hydroxylation is 1. The van der Waals surface area contributed by atoms with Crippen LogP contribution in [0, 0.1) is 6.92 Å². The van der Waals surface area contributed by atoms with Crippen LogP contribution < -0.4 is 20.9 Å². The van der Waals surface area contributed by atoms with Crippen molar-refractivity contribution < 1.29 is 27.6 Å². The van der Waals surface area contributed by atoms with E-state index in [1.807, 2.05) is 0 Å². The van der Waals surface area contributed by atoms with Gasteiger partial charge in [0.15, 0.2) is 11.5 Å². The number of nitrogen functional groups attached to an aromatic ring is 1. The number of rotatable bonds is 3. The van der Waals surface area contributed by atoms with E-state index in [1.54, 1.807) is 13.0 Å². The molecule has 4 N–H and O–H groups in total. The molecule has 9 nitrogen and oxygen atoms in total. The lowest BCUT2D eigenvalue weighted by Gasteiger charge is -2.33. The Morgan fingerprint density at radius 3 is 2.59 bits per heavy atom. The molecule has 1 unspecified atom stereocenters. The number of imide groups is 1. The van der Waals surface area contributed by atoms with Gasteiger partial charge >= 0.3 is 18.1 Å². The van der Waals surface area contributed by atoms with Crippen molar-refractivity contribution >= 4 is 41.0 Å². The quantitative estimate of drug-likeness (QED) is 0.496. The van der Waals surface area contributed by atoms with Gasteiger partial charge in [-0.1, -0.05) is 12.1 Å². The van der Waals surface area contributed by atoms with Gasteiger partial charge in [0.25, 0.3) is 5.91 Å². The van der Waals surface area contributed by atoms with Crippen LogP contribution in [0.1, 0.15) is 31.8 Å². The number of nitrogens with zero attached hydrogens (tertiary/aromatic N) is 3. The molecule has 34 heavy (non-hydrogen) atoms. The normalized spacial score (nSPS) is 17.7. The third-order valence-electron chi connectivity index (χ3n) is 5.48. The zero-order valence-electron chi connectivity index (χ0n) is 17.9. The minimum atomic E-state index is -4.60. The average molecular weight is 471 g/mol.